The summed E-state index contributed by atoms with van der Waals surface area (Å²) in [6.07, 6.45) is 0.794. The molecule has 1 aromatic carbocycles. The van der Waals surface area contributed by atoms with Crippen molar-refractivity contribution in [1.29, 1.82) is 0 Å². The largest absolute Gasteiger partial charge is 0.478 e. The number of carbonyl (C=O) groups excluding carboxylic acids is 1. The molecule has 1 rings (SSSR count). The maximum Gasteiger partial charge on any atom is 0.335 e. The summed E-state index contributed by atoms with van der Waals surface area (Å²) < 4.78 is 4.91. The van der Waals surface area contributed by atoms with Crippen LogP contribution in [0.25, 0.3) is 0 Å². The number of carbonyl (C=O) groups is 2. The minimum Gasteiger partial charge on any atom is -0.478 e. The molecule has 0 fully saturated rings. The van der Waals surface area contributed by atoms with E-state index in [4.69, 9.17) is 9.84 Å². The van der Waals surface area contributed by atoms with Gasteiger partial charge in [0.2, 0.25) is 5.91 Å². The summed E-state index contributed by atoms with van der Waals surface area (Å²) in [5.41, 5.74) is 1.23. The zero-order chi connectivity index (χ0) is 15.7. The number of carboxylic acid groups (broad SMARTS) is 1. The maximum atomic E-state index is 11.7. The van der Waals surface area contributed by atoms with Gasteiger partial charge in [0, 0.05) is 26.8 Å². The lowest BCUT2D eigenvalue weighted by atomic mass is 10.1. The quantitative estimate of drug-likeness (QED) is 0.664. The smallest absolute Gasteiger partial charge is 0.335 e. The van der Waals surface area contributed by atoms with Crippen molar-refractivity contribution in [2.45, 2.75) is 13.0 Å². The third-order valence-electron chi connectivity index (χ3n) is 2.91. The Kier molecular flexibility index (Phi) is 7.42. The molecule has 0 radical (unpaired) electrons. The standard InChI is InChI=1S/C15H22N2O4/c1-17(11-14(18)16-8-3-9-21-2)10-12-4-6-13(7-5-12)15(19)20/h4-7H,3,8-11H2,1-2H3,(H,16,18)(H,19,20). The topological polar surface area (TPSA) is 78.9 Å². The Balaban J connectivity index is 2.33. The fourth-order valence-electron chi connectivity index (χ4n) is 1.87. The van der Waals surface area contributed by atoms with Gasteiger partial charge in [0.15, 0.2) is 0 Å². The SMILES string of the molecule is COCCCNC(=O)CN(C)Cc1ccc(C(=O)O)cc1. The van der Waals surface area contributed by atoms with Crippen LogP contribution in [0.3, 0.4) is 0 Å². The van der Waals surface area contributed by atoms with Gasteiger partial charge in [-0.1, -0.05) is 12.1 Å². The molecule has 0 bridgehead atoms. The average molecular weight is 294 g/mol. The van der Waals surface area contributed by atoms with Crippen molar-refractivity contribution < 1.29 is 19.4 Å². The molecule has 116 valence electrons. The number of nitrogens with one attached hydrogen (secondary N) is 1. The van der Waals surface area contributed by atoms with Crippen molar-refractivity contribution in [3.05, 3.63) is 35.4 Å². The molecule has 0 unspecified atom stereocenters. The van der Waals surface area contributed by atoms with Crippen LogP contribution in [0, 0.1) is 0 Å². The van der Waals surface area contributed by atoms with Gasteiger partial charge in [-0.3, -0.25) is 9.69 Å². The van der Waals surface area contributed by atoms with E-state index in [1.807, 2.05) is 11.9 Å². The van der Waals surface area contributed by atoms with Crippen molar-refractivity contribution >= 4 is 11.9 Å². The highest BCUT2D eigenvalue weighted by Gasteiger charge is 2.07. The van der Waals surface area contributed by atoms with E-state index in [0.29, 0.717) is 26.2 Å². The van der Waals surface area contributed by atoms with Crippen LogP contribution in [0.15, 0.2) is 24.3 Å². The van der Waals surface area contributed by atoms with Crippen molar-refractivity contribution in [1.82, 2.24) is 10.2 Å². The van der Waals surface area contributed by atoms with Crippen molar-refractivity contribution in [2.75, 3.05) is 33.9 Å². The number of rotatable bonds is 9. The van der Waals surface area contributed by atoms with Crippen molar-refractivity contribution in [2.24, 2.45) is 0 Å². The highest BCUT2D eigenvalue weighted by atomic mass is 16.5. The highest BCUT2D eigenvalue weighted by Crippen LogP contribution is 2.06. The van der Waals surface area contributed by atoms with Gasteiger partial charge in [0.1, 0.15) is 0 Å². The molecule has 1 amide bonds. The predicted molar refractivity (Wildman–Crippen MR) is 79.2 cm³/mol. The molecule has 0 atom stereocenters. The Bertz CT molecular complexity index is 459. The molecular formula is C15H22N2O4. The molecular weight excluding hydrogens is 272 g/mol. The number of hydrogen-bond acceptors (Lipinski definition) is 4. The van der Waals surface area contributed by atoms with Crippen LogP contribution in [-0.4, -0.2) is 55.7 Å². The van der Waals surface area contributed by atoms with E-state index in [1.165, 1.54) is 0 Å². The molecule has 1 aromatic rings. The summed E-state index contributed by atoms with van der Waals surface area (Å²) in [5, 5.41) is 11.6. The summed E-state index contributed by atoms with van der Waals surface area (Å²) >= 11 is 0. The summed E-state index contributed by atoms with van der Waals surface area (Å²) in [4.78, 5) is 24.3. The summed E-state index contributed by atoms with van der Waals surface area (Å²) in [6.45, 7) is 2.12. The number of carboxylic acids is 1. The van der Waals surface area contributed by atoms with Crippen LogP contribution < -0.4 is 5.32 Å². The van der Waals surface area contributed by atoms with Gasteiger partial charge in [-0.15, -0.1) is 0 Å². The number of benzene rings is 1. The fourth-order valence-corrected chi connectivity index (χ4v) is 1.87. The number of aromatic carboxylic acids is 1. The lowest BCUT2D eigenvalue weighted by Gasteiger charge is -2.16. The number of ether oxygens (including phenoxy) is 1. The van der Waals surface area contributed by atoms with Gasteiger partial charge in [-0.2, -0.15) is 0 Å². The Morgan fingerprint density at radius 2 is 1.95 bits per heavy atom. The van der Waals surface area contributed by atoms with Crippen LogP contribution in [-0.2, 0) is 16.1 Å². The van der Waals surface area contributed by atoms with E-state index in [2.05, 4.69) is 5.32 Å². The lowest BCUT2D eigenvalue weighted by Crippen LogP contribution is -2.35. The Morgan fingerprint density at radius 1 is 1.29 bits per heavy atom. The second kappa shape index (κ2) is 9.10. The average Bonchev–Trinajstić information content (AvgIpc) is 2.44. The lowest BCUT2D eigenvalue weighted by molar-refractivity contribution is -0.122. The monoisotopic (exact) mass is 294 g/mol. The molecule has 0 heterocycles. The van der Waals surface area contributed by atoms with Gasteiger partial charge >= 0.3 is 5.97 Å². The maximum absolute atomic E-state index is 11.7. The van der Waals surface area contributed by atoms with Gasteiger partial charge in [-0.25, -0.2) is 4.79 Å². The molecule has 6 nitrogen and oxygen atoms in total. The number of nitrogens with zero attached hydrogens (tertiary/aromatic N) is 1. The molecule has 0 aliphatic heterocycles. The van der Waals surface area contributed by atoms with E-state index < -0.39 is 5.97 Å². The first-order chi connectivity index (χ1) is 10.0. The Hall–Kier alpha value is -1.92. The summed E-state index contributed by atoms with van der Waals surface area (Å²) in [7, 11) is 3.48. The third kappa shape index (κ3) is 6.87. The van der Waals surface area contributed by atoms with Crippen LogP contribution in [0.1, 0.15) is 22.3 Å². The van der Waals surface area contributed by atoms with Gasteiger partial charge in [-0.05, 0) is 31.2 Å². The Labute approximate surface area is 124 Å². The second-order valence-electron chi connectivity index (χ2n) is 4.87. The molecule has 2 N–H and O–H groups in total. The van der Waals surface area contributed by atoms with Crippen molar-refractivity contribution in [3.8, 4) is 0 Å². The zero-order valence-electron chi connectivity index (χ0n) is 12.5. The number of hydrogen-bond donors (Lipinski definition) is 2. The Morgan fingerprint density at radius 3 is 2.52 bits per heavy atom. The summed E-state index contributed by atoms with van der Waals surface area (Å²) in [6, 6.07) is 6.65. The van der Waals surface area contributed by atoms with Gasteiger partial charge in [0.05, 0.1) is 12.1 Å². The van der Waals surface area contributed by atoms with Crippen LogP contribution >= 0.6 is 0 Å². The second-order valence-corrected chi connectivity index (χ2v) is 4.87. The molecule has 0 aliphatic carbocycles. The molecule has 21 heavy (non-hydrogen) atoms. The molecule has 0 aliphatic rings. The normalized spacial score (nSPS) is 10.6. The zero-order valence-corrected chi connectivity index (χ0v) is 12.5. The number of likely N-dealkylation sites (N-methyl/N-ethyl adjacent to an activating group) is 1. The molecule has 6 heteroatoms. The van der Waals surface area contributed by atoms with E-state index in [-0.39, 0.29) is 11.5 Å². The first-order valence-corrected chi connectivity index (χ1v) is 6.79. The molecule has 0 saturated carbocycles. The minimum absolute atomic E-state index is 0.0317. The van der Waals surface area contributed by atoms with Crippen LogP contribution in [0.4, 0.5) is 0 Å². The van der Waals surface area contributed by atoms with Gasteiger partial charge < -0.3 is 15.2 Å². The predicted octanol–water partition coefficient (Wildman–Crippen LogP) is 0.969. The van der Waals surface area contributed by atoms with E-state index in [0.717, 1.165) is 12.0 Å². The van der Waals surface area contributed by atoms with Gasteiger partial charge in [0.25, 0.3) is 0 Å². The van der Waals surface area contributed by atoms with Crippen LogP contribution in [0.2, 0.25) is 0 Å². The summed E-state index contributed by atoms with van der Waals surface area (Å²) in [5.74, 6) is -0.971. The first-order valence-electron chi connectivity index (χ1n) is 6.79. The third-order valence-corrected chi connectivity index (χ3v) is 2.91. The van der Waals surface area contributed by atoms with Crippen LogP contribution in [0.5, 0.6) is 0 Å². The van der Waals surface area contributed by atoms with E-state index in [9.17, 15) is 9.59 Å². The van der Waals surface area contributed by atoms with Crippen molar-refractivity contribution in [3.63, 3.8) is 0 Å². The minimum atomic E-state index is -0.939. The number of methoxy groups -OCH3 is 1. The first kappa shape index (κ1) is 17.1. The fraction of sp³-hybridized carbons (Fsp3) is 0.467. The van der Waals surface area contributed by atoms with E-state index in [1.54, 1.807) is 31.4 Å². The molecule has 0 aromatic heterocycles. The molecule has 0 spiro atoms. The molecule has 0 saturated heterocycles. The highest BCUT2D eigenvalue weighted by molar-refractivity contribution is 5.87. The van der Waals surface area contributed by atoms with E-state index >= 15 is 0 Å². The number of amides is 1.